The summed E-state index contributed by atoms with van der Waals surface area (Å²) >= 11 is 0. The average Bonchev–Trinajstić information content (AvgIpc) is 2.19. The standard InChI is InChI=1S/C7H6O2.C4H12NO/c8-7(9)6-4-2-1-3-5-6;1-5(2,3)6-4/h1-5H,(H,8,9);1-4H3/q;+1/p-1. The molecule has 0 amide bonds. The fourth-order valence-electron chi connectivity index (χ4n) is 0.574. The van der Waals surface area contributed by atoms with E-state index in [0.29, 0.717) is 4.65 Å². The van der Waals surface area contributed by atoms with Crippen molar-refractivity contribution in [2.45, 2.75) is 0 Å². The number of carboxylic acids is 1. The van der Waals surface area contributed by atoms with Gasteiger partial charge >= 0.3 is 0 Å². The van der Waals surface area contributed by atoms with E-state index >= 15 is 0 Å². The van der Waals surface area contributed by atoms with Crippen molar-refractivity contribution in [1.82, 2.24) is 0 Å². The van der Waals surface area contributed by atoms with Crippen LogP contribution >= 0.6 is 0 Å². The number of hydrogen-bond donors (Lipinski definition) is 0. The molecule has 0 aliphatic carbocycles. The van der Waals surface area contributed by atoms with E-state index in [0.717, 1.165) is 0 Å². The zero-order valence-electron chi connectivity index (χ0n) is 9.56. The zero-order chi connectivity index (χ0) is 11.9. The first-order valence-electron chi connectivity index (χ1n) is 4.50. The van der Waals surface area contributed by atoms with Crippen molar-refractivity contribution in [3.05, 3.63) is 35.9 Å². The summed E-state index contributed by atoms with van der Waals surface area (Å²) in [5, 5.41) is 10.1. The molecule has 0 radical (unpaired) electrons. The van der Waals surface area contributed by atoms with Crippen LogP contribution in [-0.2, 0) is 4.84 Å². The van der Waals surface area contributed by atoms with E-state index < -0.39 is 5.97 Å². The van der Waals surface area contributed by atoms with Gasteiger partial charge in [0.2, 0.25) is 0 Å². The second-order valence-electron chi connectivity index (χ2n) is 3.73. The second kappa shape index (κ2) is 6.16. The number of benzene rings is 1. The van der Waals surface area contributed by atoms with Crippen LogP contribution in [0.4, 0.5) is 0 Å². The molecule has 84 valence electrons. The normalized spacial score (nSPS) is 10.1. The highest BCUT2D eigenvalue weighted by molar-refractivity contribution is 5.85. The minimum atomic E-state index is -1.13. The van der Waals surface area contributed by atoms with E-state index in [1.54, 1.807) is 25.3 Å². The van der Waals surface area contributed by atoms with Crippen LogP contribution in [0, 0.1) is 0 Å². The van der Waals surface area contributed by atoms with E-state index in [4.69, 9.17) is 4.84 Å². The third-order valence-corrected chi connectivity index (χ3v) is 1.56. The molecule has 0 N–H and O–H groups in total. The van der Waals surface area contributed by atoms with Gasteiger partial charge in [-0.25, -0.2) is 4.84 Å². The summed E-state index contributed by atoms with van der Waals surface area (Å²) in [7, 11) is 7.56. The fraction of sp³-hybridized carbons (Fsp3) is 0.364. The third-order valence-electron chi connectivity index (χ3n) is 1.56. The summed E-state index contributed by atoms with van der Waals surface area (Å²) in [5.74, 6) is -1.13. The van der Waals surface area contributed by atoms with Crippen LogP contribution in [0.15, 0.2) is 30.3 Å². The van der Waals surface area contributed by atoms with Crippen molar-refractivity contribution < 1.29 is 19.4 Å². The Labute approximate surface area is 90.3 Å². The lowest BCUT2D eigenvalue weighted by molar-refractivity contribution is -1.06. The zero-order valence-corrected chi connectivity index (χ0v) is 9.56. The molecule has 0 aliphatic heterocycles. The van der Waals surface area contributed by atoms with Crippen molar-refractivity contribution in [1.29, 1.82) is 0 Å². The predicted octanol–water partition coefficient (Wildman–Crippen LogP) is 0.304. The molecule has 0 atom stereocenters. The molecule has 0 heterocycles. The van der Waals surface area contributed by atoms with Crippen LogP contribution in [0.3, 0.4) is 0 Å². The second-order valence-corrected chi connectivity index (χ2v) is 3.73. The fourth-order valence-corrected chi connectivity index (χ4v) is 0.574. The van der Waals surface area contributed by atoms with Gasteiger partial charge in [0, 0.05) is 0 Å². The maximum atomic E-state index is 10.1. The topological polar surface area (TPSA) is 49.4 Å². The number of hydroxylamine groups is 3. The van der Waals surface area contributed by atoms with Gasteiger partial charge in [-0.2, -0.15) is 4.65 Å². The molecule has 0 fully saturated rings. The molecule has 0 aromatic heterocycles. The first-order valence-corrected chi connectivity index (χ1v) is 4.50. The Hall–Kier alpha value is -1.39. The highest BCUT2D eigenvalue weighted by Gasteiger charge is 2.00. The molecule has 0 spiro atoms. The van der Waals surface area contributed by atoms with Crippen LogP contribution in [0.5, 0.6) is 0 Å². The molecular weight excluding hydrogens is 194 g/mol. The molecule has 0 saturated heterocycles. The molecule has 0 aliphatic rings. The monoisotopic (exact) mass is 211 g/mol. The van der Waals surface area contributed by atoms with Crippen LogP contribution in [0.25, 0.3) is 0 Å². The van der Waals surface area contributed by atoms with Crippen LogP contribution in [0.2, 0.25) is 0 Å². The first-order chi connectivity index (χ1) is 6.87. The third kappa shape index (κ3) is 7.66. The lowest BCUT2D eigenvalue weighted by atomic mass is 10.2. The van der Waals surface area contributed by atoms with E-state index in [2.05, 4.69) is 0 Å². The van der Waals surface area contributed by atoms with E-state index in [-0.39, 0.29) is 5.56 Å². The molecule has 1 aromatic rings. The van der Waals surface area contributed by atoms with E-state index in [1.165, 1.54) is 12.1 Å². The van der Waals surface area contributed by atoms with Crippen molar-refractivity contribution in [3.8, 4) is 0 Å². The van der Waals surface area contributed by atoms with Crippen LogP contribution in [-0.4, -0.2) is 38.9 Å². The lowest BCUT2D eigenvalue weighted by Crippen LogP contribution is -2.32. The Bertz CT molecular complexity index is 290. The maximum Gasteiger partial charge on any atom is 0.0981 e. The van der Waals surface area contributed by atoms with Crippen molar-refractivity contribution in [2.75, 3.05) is 28.3 Å². The molecule has 1 rings (SSSR count). The van der Waals surface area contributed by atoms with Crippen molar-refractivity contribution in [3.63, 3.8) is 0 Å². The summed E-state index contributed by atoms with van der Waals surface area (Å²) < 4.78 is 0.569. The number of hydrogen-bond acceptors (Lipinski definition) is 3. The molecular formula is C11H17NO3. The smallest absolute Gasteiger partial charge is 0.0981 e. The van der Waals surface area contributed by atoms with Gasteiger partial charge < -0.3 is 9.90 Å². The van der Waals surface area contributed by atoms with Gasteiger partial charge in [-0.1, -0.05) is 30.3 Å². The highest BCUT2D eigenvalue weighted by atomic mass is 16.7. The first kappa shape index (κ1) is 13.6. The Morgan fingerprint density at radius 3 is 1.80 bits per heavy atom. The van der Waals surface area contributed by atoms with Gasteiger partial charge in [0.1, 0.15) is 0 Å². The molecule has 0 unspecified atom stereocenters. The van der Waals surface area contributed by atoms with Crippen molar-refractivity contribution >= 4 is 5.97 Å². The van der Waals surface area contributed by atoms with Crippen LogP contribution in [0.1, 0.15) is 10.4 Å². The molecule has 0 saturated carbocycles. The number of rotatable bonds is 2. The summed E-state index contributed by atoms with van der Waals surface area (Å²) in [6.07, 6.45) is 0. The van der Waals surface area contributed by atoms with Gasteiger partial charge in [-0.05, 0) is 5.56 Å². The molecule has 15 heavy (non-hydrogen) atoms. The van der Waals surface area contributed by atoms with Gasteiger partial charge in [0.25, 0.3) is 0 Å². The van der Waals surface area contributed by atoms with E-state index in [1.807, 2.05) is 21.1 Å². The quantitative estimate of drug-likeness (QED) is 0.522. The minimum Gasteiger partial charge on any atom is -0.545 e. The number of carboxylic acid groups (broad SMARTS) is 1. The number of carbonyl (C=O) groups excluding carboxylic acids is 1. The minimum absolute atomic E-state index is 0.220. The van der Waals surface area contributed by atoms with Crippen LogP contribution < -0.4 is 5.11 Å². The summed E-state index contributed by atoms with van der Waals surface area (Å²) in [6.45, 7) is 0. The summed E-state index contributed by atoms with van der Waals surface area (Å²) in [6, 6.07) is 8.06. The average molecular weight is 211 g/mol. The molecule has 0 bridgehead atoms. The largest absolute Gasteiger partial charge is 0.545 e. The van der Waals surface area contributed by atoms with Gasteiger partial charge in [-0.3, -0.25) is 0 Å². The van der Waals surface area contributed by atoms with E-state index in [9.17, 15) is 9.90 Å². The summed E-state index contributed by atoms with van der Waals surface area (Å²) in [5.41, 5.74) is 0.220. The maximum absolute atomic E-state index is 10.1. The number of carbonyl (C=O) groups is 1. The Balaban J connectivity index is 0.000000288. The van der Waals surface area contributed by atoms with Gasteiger partial charge in [0.15, 0.2) is 0 Å². The molecule has 4 heteroatoms. The van der Waals surface area contributed by atoms with Gasteiger partial charge in [0.05, 0.1) is 34.2 Å². The Kier molecular flexibility index (Phi) is 5.59. The molecule has 1 aromatic carbocycles. The predicted molar refractivity (Wildman–Crippen MR) is 55.8 cm³/mol. The summed E-state index contributed by atoms with van der Waals surface area (Å²) in [4.78, 5) is 15.0. The Morgan fingerprint density at radius 2 is 1.60 bits per heavy atom. The molecule has 4 nitrogen and oxygen atoms in total. The number of aromatic carboxylic acids is 1. The Morgan fingerprint density at radius 1 is 1.20 bits per heavy atom. The van der Waals surface area contributed by atoms with Crippen molar-refractivity contribution in [2.24, 2.45) is 0 Å². The SMILES string of the molecule is CO[N+](C)(C)C.O=C([O-])c1ccccc1. The van der Waals surface area contributed by atoms with Gasteiger partial charge in [-0.15, -0.1) is 0 Å². The lowest BCUT2D eigenvalue weighted by Gasteiger charge is -2.17. The number of nitrogens with zero attached hydrogens (tertiary/aromatic N) is 1. The highest BCUT2D eigenvalue weighted by Crippen LogP contribution is 1.94. The number of quaternary nitrogens is 1.